The third-order valence-corrected chi connectivity index (χ3v) is 12.8. The largest absolute Gasteiger partial charge is 0.466 e. The number of aliphatic hydroxyl groups is 2. The number of nitrogens with one attached hydrogen (secondary N) is 1. The molecule has 0 radical (unpaired) electrons. The molecule has 61 heavy (non-hydrogen) atoms. The van der Waals surface area contributed by atoms with Crippen molar-refractivity contribution in [1.82, 2.24) is 5.32 Å². The third-order valence-electron chi connectivity index (χ3n) is 12.8. The molecule has 6 nitrogen and oxygen atoms in total. The molecule has 6 heteroatoms. The lowest BCUT2D eigenvalue weighted by molar-refractivity contribution is -0.143. The summed E-state index contributed by atoms with van der Waals surface area (Å²) in [6.07, 6.45) is 59.1. The molecule has 1 amide bonds. The normalized spacial score (nSPS) is 12.7. The summed E-state index contributed by atoms with van der Waals surface area (Å²) in [5.74, 6) is -0.0997. The van der Waals surface area contributed by atoms with Gasteiger partial charge in [0.25, 0.3) is 0 Å². The molecule has 0 aliphatic heterocycles. The van der Waals surface area contributed by atoms with Gasteiger partial charge in [0, 0.05) is 12.8 Å². The zero-order valence-corrected chi connectivity index (χ0v) is 41.2. The molecule has 362 valence electrons. The van der Waals surface area contributed by atoms with E-state index in [2.05, 4.69) is 31.3 Å². The molecule has 2 unspecified atom stereocenters. The van der Waals surface area contributed by atoms with E-state index in [9.17, 15) is 19.8 Å². The lowest BCUT2D eigenvalue weighted by atomic mass is 10.0. The minimum Gasteiger partial charge on any atom is -0.466 e. The van der Waals surface area contributed by atoms with E-state index in [1.165, 1.54) is 193 Å². The van der Waals surface area contributed by atoms with Crippen molar-refractivity contribution >= 4 is 11.9 Å². The van der Waals surface area contributed by atoms with Crippen LogP contribution in [0.1, 0.15) is 303 Å². The van der Waals surface area contributed by atoms with Crippen LogP contribution in [0, 0.1) is 0 Å². The van der Waals surface area contributed by atoms with Gasteiger partial charge in [-0.25, -0.2) is 0 Å². The van der Waals surface area contributed by atoms with E-state index in [-0.39, 0.29) is 18.5 Å². The summed E-state index contributed by atoms with van der Waals surface area (Å²) in [7, 11) is 0. The molecule has 0 aromatic rings. The second kappa shape index (κ2) is 51.2. The van der Waals surface area contributed by atoms with Crippen LogP contribution in [0.5, 0.6) is 0 Å². The Morgan fingerprint density at radius 3 is 1.16 bits per heavy atom. The number of unbranched alkanes of at least 4 members (excludes halogenated alkanes) is 38. The number of hydrogen-bond donors (Lipinski definition) is 3. The Morgan fingerprint density at radius 1 is 0.443 bits per heavy atom. The van der Waals surface area contributed by atoms with Crippen LogP contribution in [-0.2, 0) is 14.3 Å². The summed E-state index contributed by atoms with van der Waals surface area (Å²) >= 11 is 0. The van der Waals surface area contributed by atoms with Crippen LogP contribution in [0.2, 0.25) is 0 Å². The molecular weight excluding hydrogens is 755 g/mol. The summed E-state index contributed by atoms with van der Waals surface area (Å²) in [5, 5.41) is 23.2. The standard InChI is InChI=1S/C55H107NO5/c1-3-5-7-9-11-13-15-17-19-20-21-22-24-26-28-33-37-41-45-49-55(60)61-50-46-42-38-34-30-29-32-36-40-44-48-54(59)56-52(51-57)53(58)47-43-39-35-31-27-25-23-18-16-14-12-10-8-6-4-2/h30,34,52-53,57-58H,3-29,31-33,35-51H2,1-2H3,(H,56,59)/b34-30-. The van der Waals surface area contributed by atoms with Gasteiger partial charge in [-0.1, -0.05) is 251 Å². The average Bonchev–Trinajstić information content (AvgIpc) is 3.26. The van der Waals surface area contributed by atoms with Gasteiger partial charge in [-0.05, 0) is 51.4 Å². The van der Waals surface area contributed by atoms with Gasteiger partial charge in [0.2, 0.25) is 5.91 Å². The van der Waals surface area contributed by atoms with Crippen molar-refractivity contribution < 1.29 is 24.5 Å². The van der Waals surface area contributed by atoms with Crippen LogP contribution >= 0.6 is 0 Å². The molecule has 0 aromatic carbocycles. The molecule has 0 saturated carbocycles. The number of esters is 1. The number of ether oxygens (including phenoxy) is 1. The molecule has 0 aliphatic carbocycles. The van der Waals surface area contributed by atoms with E-state index in [1.807, 2.05) is 0 Å². The smallest absolute Gasteiger partial charge is 0.305 e. The van der Waals surface area contributed by atoms with Gasteiger partial charge >= 0.3 is 5.97 Å². The van der Waals surface area contributed by atoms with Crippen LogP contribution < -0.4 is 5.32 Å². The summed E-state index contributed by atoms with van der Waals surface area (Å²) in [6.45, 7) is 4.88. The molecule has 0 spiro atoms. The first kappa shape index (κ1) is 59.6. The van der Waals surface area contributed by atoms with Crippen molar-refractivity contribution in [3.8, 4) is 0 Å². The van der Waals surface area contributed by atoms with Gasteiger partial charge < -0.3 is 20.3 Å². The Bertz CT molecular complexity index is 909. The number of allylic oxidation sites excluding steroid dienone is 2. The SMILES string of the molecule is CCCCCCCCCCCCCCCCCCCCCC(=O)OCCCC/C=C\CCCCCCC(=O)NC(CO)C(O)CCCCCCCCCCCCCCCCC. The maximum atomic E-state index is 12.4. The Hall–Kier alpha value is -1.40. The molecule has 0 bridgehead atoms. The third kappa shape index (κ3) is 47.9. The van der Waals surface area contributed by atoms with Crippen molar-refractivity contribution in [3.05, 3.63) is 12.2 Å². The van der Waals surface area contributed by atoms with E-state index in [4.69, 9.17) is 4.74 Å². The molecule has 0 heterocycles. The predicted octanol–water partition coefficient (Wildman–Crippen LogP) is 16.5. The highest BCUT2D eigenvalue weighted by atomic mass is 16.5. The van der Waals surface area contributed by atoms with E-state index in [1.54, 1.807) is 0 Å². The monoisotopic (exact) mass is 862 g/mol. The lowest BCUT2D eigenvalue weighted by Gasteiger charge is -2.22. The molecule has 0 saturated heterocycles. The maximum absolute atomic E-state index is 12.4. The van der Waals surface area contributed by atoms with Crippen molar-refractivity contribution in [1.29, 1.82) is 0 Å². The van der Waals surface area contributed by atoms with Gasteiger partial charge in [0.05, 0.1) is 25.4 Å². The lowest BCUT2D eigenvalue weighted by Crippen LogP contribution is -2.45. The molecule has 0 aromatic heterocycles. The van der Waals surface area contributed by atoms with Crippen LogP contribution in [0.15, 0.2) is 12.2 Å². The first-order valence-corrected chi connectivity index (χ1v) is 27.4. The van der Waals surface area contributed by atoms with Gasteiger partial charge in [-0.2, -0.15) is 0 Å². The topological polar surface area (TPSA) is 95.9 Å². The Labute approximate surface area is 380 Å². The van der Waals surface area contributed by atoms with Gasteiger partial charge in [0.1, 0.15) is 0 Å². The number of carbonyl (C=O) groups is 2. The zero-order chi connectivity index (χ0) is 44.4. The quantitative estimate of drug-likeness (QED) is 0.0322. The Kier molecular flexibility index (Phi) is 50.1. The molecule has 3 N–H and O–H groups in total. The van der Waals surface area contributed by atoms with Crippen molar-refractivity contribution in [2.24, 2.45) is 0 Å². The van der Waals surface area contributed by atoms with E-state index < -0.39 is 12.1 Å². The second-order valence-corrected chi connectivity index (χ2v) is 18.9. The predicted molar refractivity (Wildman–Crippen MR) is 264 cm³/mol. The fourth-order valence-electron chi connectivity index (χ4n) is 8.58. The summed E-state index contributed by atoms with van der Waals surface area (Å²) in [4.78, 5) is 24.5. The number of hydrogen-bond acceptors (Lipinski definition) is 5. The Balaban J connectivity index is 3.48. The number of rotatable bonds is 51. The fourth-order valence-corrected chi connectivity index (χ4v) is 8.58. The number of aliphatic hydroxyl groups excluding tert-OH is 2. The van der Waals surface area contributed by atoms with E-state index in [0.717, 1.165) is 77.0 Å². The fraction of sp³-hybridized carbons (Fsp3) is 0.927. The van der Waals surface area contributed by atoms with Crippen molar-refractivity contribution in [3.63, 3.8) is 0 Å². The number of carbonyl (C=O) groups excluding carboxylic acids is 2. The molecular formula is C55H107NO5. The summed E-state index contributed by atoms with van der Waals surface area (Å²) < 4.78 is 5.45. The average molecular weight is 862 g/mol. The molecule has 0 rings (SSSR count). The Morgan fingerprint density at radius 2 is 0.770 bits per heavy atom. The molecule has 0 fully saturated rings. The van der Waals surface area contributed by atoms with Gasteiger partial charge in [-0.3, -0.25) is 9.59 Å². The van der Waals surface area contributed by atoms with Gasteiger partial charge in [-0.15, -0.1) is 0 Å². The zero-order valence-electron chi connectivity index (χ0n) is 41.2. The van der Waals surface area contributed by atoms with Crippen LogP contribution in [-0.4, -0.2) is 47.4 Å². The highest BCUT2D eigenvalue weighted by Gasteiger charge is 2.20. The summed E-state index contributed by atoms with van der Waals surface area (Å²) in [5.41, 5.74) is 0. The molecule has 2 atom stereocenters. The van der Waals surface area contributed by atoms with Crippen molar-refractivity contribution in [2.45, 2.75) is 315 Å². The van der Waals surface area contributed by atoms with E-state index >= 15 is 0 Å². The van der Waals surface area contributed by atoms with Crippen LogP contribution in [0.3, 0.4) is 0 Å². The minimum absolute atomic E-state index is 0.0311. The highest BCUT2D eigenvalue weighted by Crippen LogP contribution is 2.17. The highest BCUT2D eigenvalue weighted by molar-refractivity contribution is 5.76. The minimum atomic E-state index is -0.684. The van der Waals surface area contributed by atoms with Crippen LogP contribution in [0.25, 0.3) is 0 Å². The first-order chi connectivity index (χ1) is 30.0. The molecule has 0 aliphatic rings. The maximum Gasteiger partial charge on any atom is 0.305 e. The first-order valence-electron chi connectivity index (χ1n) is 27.4. The van der Waals surface area contributed by atoms with E-state index in [0.29, 0.717) is 25.9 Å². The number of amides is 1. The van der Waals surface area contributed by atoms with Crippen LogP contribution in [0.4, 0.5) is 0 Å². The van der Waals surface area contributed by atoms with Gasteiger partial charge in [0.15, 0.2) is 0 Å². The second-order valence-electron chi connectivity index (χ2n) is 18.9. The summed E-state index contributed by atoms with van der Waals surface area (Å²) in [6, 6.07) is -0.565. The van der Waals surface area contributed by atoms with Crippen molar-refractivity contribution in [2.75, 3.05) is 13.2 Å².